The van der Waals surface area contributed by atoms with Crippen LogP contribution in [-0.2, 0) is 26.5 Å². The lowest BCUT2D eigenvalue weighted by Gasteiger charge is -2.33. The van der Waals surface area contributed by atoms with Crippen molar-refractivity contribution in [1.29, 1.82) is 0 Å². The monoisotopic (exact) mass is 436 g/mol. The standard InChI is InChI=1S/C26H32N2O4/c1-3-19-16-21(10-8-18(19)2)28-23-11-9-20(24(29)27-12-5-4-6-13-27)17-22(23)26(25(28)30)31-14-7-15-32-26/h8-11,16-17,24,29H,3-7,12-15H2,1-2H3. The second-order valence-electron chi connectivity index (χ2n) is 9.02. The number of piperidine rings is 1. The van der Waals surface area contributed by atoms with E-state index in [0.717, 1.165) is 55.7 Å². The number of carbonyl (C=O) groups is 1. The van der Waals surface area contributed by atoms with Gasteiger partial charge >= 0.3 is 0 Å². The van der Waals surface area contributed by atoms with Crippen LogP contribution in [0.5, 0.6) is 0 Å². The van der Waals surface area contributed by atoms with Gasteiger partial charge in [-0.3, -0.25) is 14.6 Å². The van der Waals surface area contributed by atoms with Crippen molar-refractivity contribution in [1.82, 2.24) is 4.90 Å². The van der Waals surface area contributed by atoms with Crippen molar-refractivity contribution in [3.8, 4) is 0 Å². The lowest BCUT2D eigenvalue weighted by Crippen LogP contribution is -2.46. The molecule has 1 N–H and O–H groups in total. The van der Waals surface area contributed by atoms with Crippen LogP contribution in [0.15, 0.2) is 36.4 Å². The Balaban J connectivity index is 1.59. The maximum Gasteiger partial charge on any atom is 0.297 e. The van der Waals surface area contributed by atoms with Gasteiger partial charge in [-0.15, -0.1) is 0 Å². The van der Waals surface area contributed by atoms with Crippen LogP contribution >= 0.6 is 0 Å². The van der Waals surface area contributed by atoms with Gasteiger partial charge in [0.1, 0.15) is 6.23 Å². The number of benzene rings is 2. The molecule has 0 saturated carbocycles. The van der Waals surface area contributed by atoms with Gasteiger partial charge in [-0.2, -0.15) is 0 Å². The maximum absolute atomic E-state index is 13.8. The molecular weight excluding hydrogens is 404 g/mol. The molecule has 2 fully saturated rings. The molecule has 6 nitrogen and oxygen atoms in total. The minimum atomic E-state index is -1.44. The molecule has 1 spiro atoms. The molecule has 170 valence electrons. The number of likely N-dealkylation sites (tertiary alicyclic amines) is 1. The number of carbonyl (C=O) groups excluding carboxylic acids is 1. The van der Waals surface area contributed by atoms with E-state index in [-0.39, 0.29) is 5.91 Å². The average Bonchev–Trinajstić information content (AvgIpc) is 3.07. The van der Waals surface area contributed by atoms with E-state index < -0.39 is 12.0 Å². The molecule has 0 radical (unpaired) electrons. The SMILES string of the molecule is CCc1cc(N2C(=O)C3(OCCCO3)c3cc(C(O)N4CCCCC4)ccc32)ccc1C. The fourth-order valence-electron chi connectivity index (χ4n) is 5.16. The summed E-state index contributed by atoms with van der Waals surface area (Å²) in [5.41, 5.74) is 5.46. The molecule has 5 rings (SSSR count). The first kappa shape index (κ1) is 21.6. The highest BCUT2D eigenvalue weighted by Crippen LogP contribution is 2.49. The minimum Gasteiger partial charge on any atom is -0.374 e. The van der Waals surface area contributed by atoms with E-state index in [9.17, 15) is 9.90 Å². The Hall–Kier alpha value is -2.25. The Bertz CT molecular complexity index is 1010. The number of aryl methyl sites for hydroxylation is 2. The zero-order chi connectivity index (χ0) is 22.3. The second-order valence-corrected chi connectivity index (χ2v) is 9.02. The van der Waals surface area contributed by atoms with Crippen LogP contribution in [0.4, 0.5) is 11.4 Å². The second kappa shape index (κ2) is 8.60. The van der Waals surface area contributed by atoms with Crippen LogP contribution in [0, 0.1) is 6.92 Å². The Kier molecular flexibility index (Phi) is 5.80. The summed E-state index contributed by atoms with van der Waals surface area (Å²) in [7, 11) is 0. The highest BCUT2D eigenvalue weighted by Gasteiger charge is 2.55. The van der Waals surface area contributed by atoms with Gasteiger partial charge in [0.05, 0.1) is 18.9 Å². The fraction of sp³-hybridized carbons (Fsp3) is 0.500. The molecule has 3 heterocycles. The Morgan fingerprint density at radius 3 is 2.50 bits per heavy atom. The Labute approximate surface area is 189 Å². The average molecular weight is 437 g/mol. The predicted molar refractivity (Wildman–Crippen MR) is 123 cm³/mol. The van der Waals surface area contributed by atoms with Gasteiger partial charge in [0, 0.05) is 24.3 Å². The number of aliphatic hydroxyl groups excluding tert-OH is 1. The van der Waals surface area contributed by atoms with E-state index in [2.05, 4.69) is 30.9 Å². The third-order valence-electron chi connectivity index (χ3n) is 7.01. The van der Waals surface area contributed by atoms with Gasteiger partial charge in [-0.05, 0) is 73.6 Å². The topological polar surface area (TPSA) is 62.2 Å². The van der Waals surface area contributed by atoms with E-state index >= 15 is 0 Å². The zero-order valence-electron chi connectivity index (χ0n) is 19.0. The van der Waals surface area contributed by atoms with Crippen LogP contribution in [0.1, 0.15) is 61.1 Å². The molecule has 0 aliphatic carbocycles. The lowest BCUT2D eigenvalue weighted by molar-refractivity contribution is -0.256. The largest absolute Gasteiger partial charge is 0.374 e. The number of hydrogen-bond donors (Lipinski definition) is 1. The van der Waals surface area contributed by atoms with Crippen LogP contribution in [0.2, 0.25) is 0 Å². The van der Waals surface area contributed by atoms with E-state index in [1.807, 2.05) is 24.3 Å². The summed E-state index contributed by atoms with van der Waals surface area (Å²) in [4.78, 5) is 17.6. The lowest BCUT2D eigenvalue weighted by atomic mass is 10.0. The van der Waals surface area contributed by atoms with Crippen molar-refractivity contribution in [3.05, 3.63) is 58.7 Å². The number of aliphatic hydroxyl groups is 1. The molecule has 1 atom stereocenters. The molecule has 3 aliphatic rings. The zero-order valence-corrected chi connectivity index (χ0v) is 19.0. The Morgan fingerprint density at radius 2 is 1.78 bits per heavy atom. The molecule has 1 unspecified atom stereocenters. The molecular formula is C26H32N2O4. The summed E-state index contributed by atoms with van der Waals surface area (Å²) in [5, 5.41) is 11.1. The van der Waals surface area contributed by atoms with E-state index in [0.29, 0.717) is 18.8 Å². The molecule has 3 aliphatic heterocycles. The minimum absolute atomic E-state index is 0.220. The fourth-order valence-corrected chi connectivity index (χ4v) is 5.16. The van der Waals surface area contributed by atoms with Crippen molar-refractivity contribution < 1.29 is 19.4 Å². The number of hydrogen-bond acceptors (Lipinski definition) is 5. The quantitative estimate of drug-likeness (QED) is 0.774. The predicted octanol–water partition coefficient (Wildman–Crippen LogP) is 4.30. The van der Waals surface area contributed by atoms with E-state index in [4.69, 9.17) is 9.47 Å². The van der Waals surface area contributed by atoms with Crippen molar-refractivity contribution in [2.45, 2.75) is 58.0 Å². The summed E-state index contributed by atoms with van der Waals surface area (Å²) in [6.45, 7) is 6.90. The van der Waals surface area contributed by atoms with Crippen LogP contribution < -0.4 is 4.90 Å². The van der Waals surface area contributed by atoms with Gasteiger partial charge in [-0.25, -0.2) is 0 Å². The number of anilines is 2. The number of ether oxygens (including phenoxy) is 2. The molecule has 0 aromatic heterocycles. The van der Waals surface area contributed by atoms with E-state index in [1.165, 1.54) is 17.5 Å². The summed E-state index contributed by atoms with van der Waals surface area (Å²) in [6, 6.07) is 11.9. The first-order chi connectivity index (χ1) is 15.5. The first-order valence-electron chi connectivity index (χ1n) is 11.8. The van der Waals surface area contributed by atoms with Gasteiger partial charge in [0.25, 0.3) is 11.7 Å². The van der Waals surface area contributed by atoms with Gasteiger partial charge < -0.3 is 14.6 Å². The highest BCUT2D eigenvalue weighted by atomic mass is 16.7. The number of rotatable bonds is 4. The summed E-state index contributed by atoms with van der Waals surface area (Å²) in [6.07, 6.45) is 4.35. The number of nitrogens with zero attached hydrogens (tertiary/aromatic N) is 2. The summed E-state index contributed by atoms with van der Waals surface area (Å²) in [5.74, 6) is -1.66. The molecule has 0 bridgehead atoms. The highest BCUT2D eigenvalue weighted by molar-refractivity contribution is 6.11. The van der Waals surface area contributed by atoms with Crippen LogP contribution in [-0.4, -0.2) is 42.2 Å². The maximum atomic E-state index is 13.8. The van der Waals surface area contributed by atoms with Gasteiger partial charge in [-0.1, -0.05) is 25.5 Å². The molecule has 2 aromatic carbocycles. The normalized spacial score (nSPS) is 21.7. The first-order valence-corrected chi connectivity index (χ1v) is 11.8. The van der Waals surface area contributed by atoms with Gasteiger partial charge in [0.15, 0.2) is 0 Å². The van der Waals surface area contributed by atoms with Crippen molar-refractivity contribution in [2.24, 2.45) is 0 Å². The van der Waals surface area contributed by atoms with Crippen molar-refractivity contribution in [2.75, 3.05) is 31.2 Å². The van der Waals surface area contributed by atoms with E-state index in [1.54, 1.807) is 4.90 Å². The molecule has 6 heteroatoms. The number of fused-ring (bicyclic) bond motifs is 2. The third kappa shape index (κ3) is 3.46. The van der Waals surface area contributed by atoms with Crippen molar-refractivity contribution in [3.63, 3.8) is 0 Å². The number of amides is 1. The Morgan fingerprint density at radius 1 is 1.03 bits per heavy atom. The molecule has 2 aromatic rings. The molecule has 2 saturated heterocycles. The van der Waals surface area contributed by atoms with Crippen molar-refractivity contribution >= 4 is 17.3 Å². The summed E-state index contributed by atoms with van der Waals surface area (Å²) < 4.78 is 12.1. The molecule has 32 heavy (non-hydrogen) atoms. The summed E-state index contributed by atoms with van der Waals surface area (Å²) >= 11 is 0. The van der Waals surface area contributed by atoms with Crippen LogP contribution in [0.3, 0.4) is 0 Å². The van der Waals surface area contributed by atoms with Gasteiger partial charge in [0.2, 0.25) is 0 Å². The molecule has 1 amide bonds. The third-order valence-corrected chi connectivity index (χ3v) is 7.01. The smallest absolute Gasteiger partial charge is 0.297 e. The van der Waals surface area contributed by atoms with Crippen LogP contribution in [0.25, 0.3) is 0 Å².